The van der Waals surface area contributed by atoms with Crippen LogP contribution >= 0.6 is 0 Å². The lowest BCUT2D eigenvalue weighted by Crippen LogP contribution is -2.46. The van der Waals surface area contributed by atoms with Crippen molar-refractivity contribution in [2.75, 3.05) is 26.2 Å². The molecule has 1 fully saturated rings. The third kappa shape index (κ3) is 3.30. The summed E-state index contributed by atoms with van der Waals surface area (Å²) in [6.07, 6.45) is 4.26. The average Bonchev–Trinajstić information content (AvgIpc) is 2.59. The monoisotopic (exact) mass is 301 g/mol. The molecule has 2 aliphatic rings. The Morgan fingerprint density at radius 3 is 2.77 bits per heavy atom. The molecule has 0 bridgehead atoms. The maximum Gasteiger partial charge on any atom is 0.242 e. The van der Waals surface area contributed by atoms with E-state index in [4.69, 9.17) is 0 Å². The molecule has 22 heavy (non-hydrogen) atoms. The van der Waals surface area contributed by atoms with Crippen LogP contribution in [0.4, 0.5) is 0 Å². The van der Waals surface area contributed by atoms with Crippen molar-refractivity contribution in [1.82, 2.24) is 15.5 Å². The molecule has 1 atom stereocenters. The van der Waals surface area contributed by atoms with Gasteiger partial charge in [-0.1, -0.05) is 24.3 Å². The molecular formula is C17H23N3O2. The van der Waals surface area contributed by atoms with Crippen LogP contribution in [0.1, 0.15) is 36.4 Å². The van der Waals surface area contributed by atoms with Gasteiger partial charge in [-0.25, -0.2) is 0 Å². The molecule has 1 saturated heterocycles. The number of hydrogen-bond donors (Lipinski definition) is 2. The third-order valence-corrected chi connectivity index (χ3v) is 4.49. The lowest BCUT2D eigenvalue weighted by Gasteiger charge is -2.28. The van der Waals surface area contributed by atoms with Crippen LogP contribution < -0.4 is 10.6 Å². The van der Waals surface area contributed by atoms with E-state index in [0.717, 1.165) is 44.5 Å². The van der Waals surface area contributed by atoms with Crippen LogP contribution in [0, 0.1) is 0 Å². The first-order valence-corrected chi connectivity index (χ1v) is 8.12. The first kappa shape index (κ1) is 15.0. The Bertz CT molecular complexity index is 553. The summed E-state index contributed by atoms with van der Waals surface area (Å²) in [5.41, 5.74) is 2.24. The second-order valence-corrected chi connectivity index (χ2v) is 6.00. The van der Waals surface area contributed by atoms with Crippen molar-refractivity contribution in [3.63, 3.8) is 0 Å². The van der Waals surface area contributed by atoms with Gasteiger partial charge in [-0.3, -0.25) is 9.59 Å². The van der Waals surface area contributed by atoms with Crippen molar-refractivity contribution in [2.45, 2.75) is 31.7 Å². The van der Waals surface area contributed by atoms with Gasteiger partial charge in [0.1, 0.15) is 6.04 Å². The maximum atomic E-state index is 12.4. The van der Waals surface area contributed by atoms with Gasteiger partial charge in [0.2, 0.25) is 11.8 Å². The standard InChI is InChI=1S/C17H23N3O2/c21-15(20-10-4-1-5-11-20)12-19-17(22)16-14-7-3-2-6-13(14)8-9-18-16/h2-3,6-7,16,18H,1,4-5,8-12H2,(H,19,22)/t16-/m1/s1. The van der Waals surface area contributed by atoms with E-state index < -0.39 is 0 Å². The summed E-state index contributed by atoms with van der Waals surface area (Å²) in [5, 5.41) is 6.04. The average molecular weight is 301 g/mol. The number of carbonyl (C=O) groups is 2. The van der Waals surface area contributed by atoms with Crippen molar-refractivity contribution >= 4 is 11.8 Å². The van der Waals surface area contributed by atoms with Crippen LogP contribution in [-0.4, -0.2) is 42.9 Å². The van der Waals surface area contributed by atoms with Crippen molar-refractivity contribution in [3.8, 4) is 0 Å². The molecule has 118 valence electrons. The minimum Gasteiger partial charge on any atom is -0.345 e. The number of likely N-dealkylation sites (tertiary alicyclic amines) is 1. The number of benzene rings is 1. The Morgan fingerprint density at radius 2 is 1.95 bits per heavy atom. The molecule has 2 N–H and O–H groups in total. The van der Waals surface area contributed by atoms with Gasteiger partial charge in [0.15, 0.2) is 0 Å². The molecule has 5 nitrogen and oxygen atoms in total. The van der Waals surface area contributed by atoms with E-state index in [1.165, 1.54) is 12.0 Å². The number of nitrogens with zero attached hydrogens (tertiary/aromatic N) is 1. The second-order valence-electron chi connectivity index (χ2n) is 6.00. The molecule has 0 saturated carbocycles. The van der Waals surface area contributed by atoms with Crippen LogP contribution in [0.5, 0.6) is 0 Å². The minimum absolute atomic E-state index is 0.0251. The summed E-state index contributed by atoms with van der Waals surface area (Å²) >= 11 is 0. The molecular weight excluding hydrogens is 278 g/mol. The van der Waals surface area contributed by atoms with E-state index in [2.05, 4.69) is 16.7 Å². The molecule has 2 amide bonds. The molecule has 0 aliphatic carbocycles. The number of carbonyl (C=O) groups excluding carboxylic acids is 2. The number of piperidine rings is 1. The Kier molecular flexibility index (Phi) is 4.73. The van der Waals surface area contributed by atoms with Gasteiger partial charge in [-0.05, 0) is 36.8 Å². The van der Waals surface area contributed by atoms with Gasteiger partial charge in [0.05, 0.1) is 6.54 Å². The predicted molar refractivity (Wildman–Crippen MR) is 84.3 cm³/mol. The van der Waals surface area contributed by atoms with Gasteiger partial charge in [-0.2, -0.15) is 0 Å². The van der Waals surface area contributed by atoms with E-state index in [-0.39, 0.29) is 24.4 Å². The van der Waals surface area contributed by atoms with Crippen LogP contribution in [0.2, 0.25) is 0 Å². The maximum absolute atomic E-state index is 12.4. The summed E-state index contributed by atoms with van der Waals surface area (Å²) in [4.78, 5) is 26.4. The smallest absolute Gasteiger partial charge is 0.242 e. The zero-order chi connectivity index (χ0) is 15.4. The van der Waals surface area contributed by atoms with E-state index >= 15 is 0 Å². The Labute approximate surface area is 131 Å². The van der Waals surface area contributed by atoms with Crippen molar-refractivity contribution < 1.29 is 9.59 Å². The number of rotatable bonds is 3. The first-order valence-electron chi connectivity index (χ1n) is 8.12. The van der Waals surface area contributed by atoms with Gasteiger partial charge in [0, 0.05) is 19.6 Å². The van der Waals surface area contributed by atoms with Crippen LogP contribution in [-0.2, 0) is 16.0 Å². The summed E-state index contributed by atoms with van der Waals surface area (Å²) in [5.74, 6) is -0.0883. The summed E-state index contributed by atoms with van der Waals surface area (Å²) < 4.78 is 0. The number of nitrogens with one attached hydrogen (secondary N) is 2. The summed E-state index contributed by atoms with van der Waals surface area (Å²) in [7, 11) is 0. The first-order chi connectivity index (χ1) is 10.8. The van der Waals surface area contributed by atoms with Gasteiger partial charge in [0.25, 0.3) is 0 Å². The highest BCUT2D eigenvalue weighted by Gasteiger charge is 2.26. The van der Waals surface area contributed by atoms with Crippen LogP contribution in [0.15, 0.2) is 24.3 Å². The normalized spacial score (nSPS) is 21.1. The second kappa shape index (κ2) is 6.92. The lowest BCUT2D eigenvalue weighted by atomic mass is 9.94. The molecule has 0 unspecified atom stereocenters. The topological polar surface area (TPSA) is 61.4 Å². The molecule has 2 heterocycles. The lowest BCUT2D eigenvalue weighted by molar-refractivity contribution is -0.134. The molecule has 5 heteroatoms. The zero-order valence-electron chi connectivity index (χ0n) is 12.8. The Hall–Kier alpha value is -1.88. The Morgan fingerprint density at radius 1 is 1.18 bits per heavy atom. The third-order valence-electron chi connectivity index (χ3n) is 4.49. The SMILES string of the molecule is O=C(NCC(=O)N1CCCCC1)[C@@H]1NCCc2ccccc21. The summed E-state index contributed by atoms with van der Waals surface area (Å²) in [6, 6.07) is 7.65. The fraction of sp³-hybridized carbons (Fsp3) is 0.529. The predicted octanol–water partition coefficient (Wildman–Crippen LogP) is 1.00. The molecule has 0 radical (unpaired) electrons. The molecule has 2 aliphatic heterocycles. The van der Waals surface area contributed by atoms with E-state index in [0.29, 0.717) is 0 Å². The Balaban J connectivity index is 1.57. The highest BCUT2D eigenvalue weighted by atomic mass is 16.2. The highest BCUT2D eigenvalue weighted by molar-refractivity contribution is 5.88. The quantitative estimate of drug-likeness (QED) is 0.875. The van der Waals surface area contributed by atoms with Crippen molar-refractivity contribution in [2.24, 2.45) is 0 Å². The fourth-order valence-electron chi connectivity index (χ4n) is 3.26. The molecule has 1 aromatic carbocycles. The van der Waals surface area contributed by atoms with Crippen LogP contribution in [0.3, 0.4) is 0 Å². The van der Waals surface area contributed by atoms with E-state index in [1.54, 1.807) is 0 Å². The van der Waals surface area contributed by atoms with E-state index in [1.807, 2.05) is 23.1 Å². The highest BCUT2D eigenvalue weighted by Crippen LogP contribution is 2.22. The van der Waals surface area contributed by atoms with Gasteiger partial charge < -0.3 is 15.5 Å². The van der Waals surface area contributed by atoms with Gasteiger partial charge >= 0.3 is 0 Å². The van der Waals surface area contributed by atoms with Crippen molar-refractivity contribution in [3.05, 3.63) is 35.4 Å². The molecule has 3 rings (SSSR count). The molecule has 1 aromatic rings. The molecule has 0 spiro atoms. The largest absolute Gasteiger partial charge is 0.345 e. The van der Waals surface area contributed by atoms with E-state index in [9.17, 15) is 9.59 Å². The molecule has 0 aromatic heterocycles. The van der Waals surface area contributed by atoms with Crippen LogP contribution in [0.25, 0.3) is 0 Å². The number of hydrogen-bond acceptors (Lipinski definition) is 3. The number of fused-ring (bicyclic) bond motifs is 1. The van der Waals surface area contributed by atoms with Gasteiger partial charge in [-0.15, -0.1) is 0 Å². The zero-order valence-corrected chi connectivity index (χ0v) is 12.8. The number of amides is 2. The fourth-order valence-corrected chi connectivity index (χ4v) is 3.26. The summed E-state index contributed by atoms with van der Waals surface area (Å²) in [6.45, 7) is 2.52. The van der Waals surface area contributed by atoms with Crippen molar-refractivity contribution in [1.29, 1.82) is 0 Å². The minimum atomic E-state index is -0.348.